The van der Waals surface area contributed by atoms with Gasteiger partial charge in [-0.25, -0.2) is 0 Å². The van der Waals surface area contributed by atoms with Gasteiger partial charge in [0, 0.05) is 22.6 Å². The summed E-state index contributed by atoms with van der Waals surface area (Å²) in [6.45, 7) is 2.08. The van der Waals surface area contributed by atoms with E-state index in [4.69, 9.17) is 4.42 Å². The van der Waals surface area contributed by atoms with Crippen molar-refractivity contribution in [1.82, 2.24) is 5.32 Å². The van der Waals surface area contributed by atoms with Gasteiger partial charge in [0.05, 0.1) is 0 Å². The fraction of sp³-hybridized carbons (Fsp3) is 0.318. The molecule has 2 N–H and O–H groups in total. The van der Waals surface area contributed by atoms with E-state index in [0.717, 1.165) is 60.3 Å². The lowest BCUT2D eigenvalue weighted by Gasteiger charge is -2.23. The maximum Gasteiger partial charge on any atom is 0.228 e. The predicted molar refractivity (Wildman–Crippen MR) is 103 cm³/mol. The number of fused-ring (bicyclic) bond motifs is 1. The van der Waals surface area contributed by atoms with E-state index < -0.39 is 0 Å². The number of para-hydroxylation sites is 1. The van der Waals surface area contributed by atoms with E-state index >= 15 is 0 Å². The van der Waals surface area contributed by atoms with Crippen LogP contribution in [0.1, 0.15) is 19.3 Å². The van der Waals surface area contributed by atoms with Crippen LogP contribution in [0.25, 0.3) is 22.3 Å². The molecule has 4 nitrogen and oxygen atoms in total. The van der Waals surface area contributed by atoms with E-state index in [-0.39, 0.29) is 17.2 Å². The third-order valence-corrected chi connectivity index (χ3v) is 5.97. The molecule has 1 saturated carbocycles. The van der Waals surface area contributed by atoms with E-state index in [2.05, 4.69) is 10.6 Å². The van der Waals surface area contributed by atoms with Crippen LogP contribution in [0.3, 0.4) is 0 Å². The van der Waals surface area contributed by atoms with Crippen molar-refractivity contribution >= 4 is 22.6 Å². The van der Waals surface area contributed by atoms with Crippen molar-refractivity contribution in [3.63, 3.8) is 0 Å². The zero-order chi connectivity index (χ0) is 17.6. The second kappa shape index (κ2) is 5.99. The summed E-state index contributed by atoms with van der Waals surface area (Å²) in [5.41, 5.74) is 3.02. The van der Waals surface area contributed by atoms with Gasteiger partial charge >= 0.3 is 0 Å². The Labute approximate surface area is 152 Å². The van der Waals surface area contributed by atoms with Crippen molar-refractivity contribution in [3.8, 4) is 11.3 Å². The molecular weight excluding hydrogens is 324 g/mol. The lowest BCUT2D eigenvalue weighted by Crippen LogP contribution is -2.31. The normalized spacial score (nSPS) is 21.0. The molecule has 1 amide bonds. The van der Waals surface area contributed by atoms with Crippen LogP contribution in [0.15, 0.2) is 59.0 Å². The van der Waals surface area contributed by atoms with Crippen LogP contribution in [0.5, 0.6) is 0 Å². The number of rotatable bonds is 3. The molecule has 1 spiro atoms. The molecule has 1 atom stereocenters. The molecular formula is C22H22N2O2. The Balaban J connectivity index is 1.29. The number of amides is 1. The smallest absolute Gasteiger partial charge is 0.228 e. The maximum atomic E-state index is 12.6. The number of carbonyl (C=O) groups excluding carboxylic acids is 1. The summed E-state index contributed by atoms with van der Waals surface area (Å²) in [6.07, 6.45) is 3.28. The Morgan fingerprint density at radius 3 is 2.62 bits per heavy atom. The number of hydrogen-bond acceptors (Lipinski definition) is 3. The molecule has 1 aromatic heterocycles. The first-order valence-corrected chi connectivity index (χ1v) is 9.34. The van der Waals surface area contributed by atoms with Crippen LogP contribution in [0.4, 0.5) is 5.69 Å². The molecule has 0 radical (unpaired) electrons. The van der Waals surface area contributed by atoms with E-state index in [9.17, 15) is 4.79 Å². The number of carbonyl (C=O) groups is 1. The highest BCUT2D eigenvalue weighted by molar-refractivity contribution is 5.95. The molecule has 2 heterocycles. The largest absolute Gasteiger partial charge is 0.456 e. The highest BCUT2D eigenvalue weighted by Crippen LogP contribution is 2.58. The Kier molecular flexibility index (Phi) is 3.61. The first-order valence-electron chi connectivity index (χ1n) is 9.34. The number of benzene rings is 2. The van der Waals surface area contributed by atoms with Crippen LogP contribution in [-0.2, 0) is 4.79 Å². The molecule has 5 rings (SSSR count). The maximum absolute atomic E-state index is 12.6. The minimum absolute atomic E-state index is 0.170. The first-order chi connectivity index (χ1) is 12.7. The van der Waals surface area contributed by atoms with Crippen molar-refractivity contribution in [2.24, 2.45) is 11.3 Å². The van der Waals surface area contributed by atoms with Crippen LogP contribution in [0.2, 0.25) is 0 Å². The molecule has 1 saturated heterocycles. The van der Waals surface area contributed by atoms with Gasteiger partial charge in [-0.3, -0.25) is 4.79 Å². The molecule has 3 aromatic rings. The van der Waals surface area contributed by atoms with E-state index in [1.54, 1.807) is 0 Å². The third-order valence-electron chi connectivity index (χ3n) is 5.97. The van der Waals surface area contributed by atoms with E-state index in [1.165, 1.54) is 0 Å². The average molecular weight is 346 g/mol. The third kappa shape index (κ3) is 2.71. The number of hydrogen-bond donors (Lipinski definition) is 2. The van der Waals surface area contributed by atoms with Crippen molar-refractivity contribution < 1.29 is 9.21 Å². The molecule has 2 aromatic carbocycles. The van der Waals surface area contributed by atoms with Gasteiger partial charge in [-0.05, 0) is 74.2 Å². The van der Waals surface area contributed by atoms with Gasteiger partial charge in [-0.1, -0.05) is 18.2 Å². The number of nitrogens with one attached hydrogen (secondary N) is 2. The zero-order valence-electron chi connectivity index (χ0n) is 14.6. The van der Waals surface area contributed by atoms with Crippen molar-refractivity contribution in [2.45, 2.75) is 19.3 Å². The van der Waals surface area contributed by atoms with E-state index in [0.29, 0.717) is 0 Å². The summed E-state index contributed by atoms with van der Waals surface area (Å²) < 4.78 is 5.91. The number of furan rings is 1. The topological polar surface area (TPSA) is 54.3 Å². The molecule has 4 heteroatoms. The monoisotopic (exact) mass is 346 g/mol. The van der Waals surface area contributed by atoms with Crippen molar-refractivity contribution in [2.75, 3.05) is 18.4 Å². The van der Waals surface area contributed by atoms with Gasteiger partial charge in [0.2, 0.25) is 5.91 Å². The summed E-state index contributed by atoms with van der Waals surface area (Å²) in [5.74, 6) is 1.20. The van der Waals surface area contributed by atoms with Gasteiger partial charge < -0.3 is 15.1 Å². The molecule has 2 fully saturated rings. The molecule has 26 heavy (non-hydrogen) atoms. The first kappa shape index (κ1) is 15.6. The highest BCUT2D eigenvalue weighted by Gasteiger charge is 2.57. The number of piperidine rings is 1. The van der Waals surface area contributed by atoms with Crippen LogP contribution in [-0.4, -0.2) is 19.0 Å². The van der Waals surface area contributed by atoms with Crippen molar-refractivity contribution in [3.05, 3.63) is 54.6 Å². The van der Waals surface area contributed by atoms with E-state index in [1.807, 2.05) is 54.6 Å². The predicted octanol–water partition coefficient (Wildman–Crippen LogP) is 4.43. The van der Waals surface area contributed by atoms with Crippen LogP contribution in [0, 0.1) is 11.3 Å². The SMILES string of the molecule is O=C(Nc1ccc(-c2cc3ccccc3o2)cc1)C1CC12CCNCC2. The van der Waals surface area contributed by atoms with Gasteiger partial charge in [0.25, 0.3) is 0 Å². The lowest BCUT2D eigenvalue weighted by atomic mass is 9.92. The summed E-state index contributed by atoms with van der Waals surface area (Å²) >= 11 is 0. The fourth-order valence-corrected chi connectivity index (χ4v) is 4.27. The summed E-state index contributed by atoms with van der Waals surface area (Å²) in [6, 6.07) is 18.0. The Morgan fingerprint density at radius 1 is 1.08 bits per heavy atom. The average Bonchev–Trinajstić information content (AvgIpc) is 3.18. The second-order valence-electron chi connectivity index (χ2n) is 7.58. The van der Waals surface area contributed by atoms with Gasteiger partial charge in [0.15, 0.2) is 0 Å². The Hall–Kier alpha value is -2.59. The van der Waals surface area contributed by atoms with Crippen LogP contribution >= 0.6 is 0 Å². The van der Waals surface area contributed by atoms with Crippen LogP contribution < -0.4 is 10.6 Å². The standard InChI is InChI=1S/C22H22N2O2/c25-21(18-14-22(18)9-11-23-12-10-22)24-17-7-5-15(6-8-17)20-13-16-3-1-2-4-19(16)26-20/h1-8,13,18,23H,9-12,14H2,(H,24,25). The molecule has 0 bridgehead atoms. The lowest BCUT2D eigenvalue weighted by molar-refractivity contribution is -0.118. The molecule has 1 aliphatic carbocycles. The Bertz CT molecular complexity index is 919. The molecule has 1 unspecified atom stereocenters. The molecule has 2 aliphatic rings. The minimum atomic E-state index is 0.170. The van der Waals surface area contributed by atoms with Crippen molar-refractivity contribution in [1.29, 1.82) is 0 Å². The summed E-state index contributed by atoms with van der Waals surface area (Å²) in [7, 11) is 0. The van der Waals surface area contributed by atoms with Gasteiger partial charge in [-0.15, -0.1) is 0 Å². The summed E-state index contributed by atoms with van der Waals surface area (Å²) in [4.78, 5) is 12.6. The quantitative estimate of drug-likeness (QED) is 0.738. The van der Waals surface area contributed by atoms with Gasteiger partial charge in [0.1, 0.15) is 11.3 Å². The van der Waals surface area contributed by atoms with Gasteiger partial charge in [-0.2, -0.15) is 0 Å². The zero-order valence-corrected chi connectivity index (χ0v) is 14.6. The Morgan fingerprint density at radius 2 is 1.85 bits per heavy atom. The highest BCUT2D eigenvalue weighted by atomic mass is 16.3. The second-order valence-corrected chi connectivity index (χ2v) is 7.58. The summed E-state index contributed by atoms with van der Waals surface area (Å²) in [5, 5.41) is 7.57. The molecule has 1 aliphatic heterocycles. The fourth-order valence-electron chi connectivity index (χ4n) is 4.27. The molecule has 132 valence electrons. The minimum Gasteiger partial charge on any atom is -0.456 e. The number of anilines is 1.